The molecule has 78 valence electrons. The summed E-state index contributed by atoms with van der Waals surface area (Å²) in [4.78, 5) is 23.0. The summed E-state index contributed by atoms with van der Waals surface area (Å²) in [5, 5.41) is 0. The predicted octanol–water partition coefficient (Wildman–Crippen LogP) is 1.45. The van der Waals surface area contributed by atoms with Crippen LogP contribution in [0.2, 0.25) is 0 Å². The van der Waals surface area contributed by atoms with Crippen LogP contribution in [0.3, 0.4) is 0 Å². The van der Waals surface area contributed by atoms with E-state index in [-0.39, 0.29) is 35.6 Å². The van der Waals surface area contributed by atoms with Gasteiger partial charge >= 0.3 is 11.9 Å². The minimum Gasteiger partial charge on any atom is -0.393 e. The Morgan fingerprint density at radius 1 is 1.07 bits per heavy atom. The standard InChI is InChI=1S/C12H12O3/c1-5(2)8-6-3-4-7(8)10-9(6)11(13)15-12(10)14/h3-4,6-7,9-10H,1-2H3/t6-,7-,9-,10-/m0/s1. The molecule has 1 saturated heterocycles. The van der Waals surface area contributed by atoms with Crippen molar-refractivity contribution in [1.29, 1.82) is 0 Å². The monoisotopic (exact) mass is 204 g/mol. The molecule has 1 aliphatic heterocycles. The molecule has 1 heterocycles. The molecule has 2 bridgehead atoms. The fourth-order valence-corrected chi connectivity index (χ4v) is 3.23. The van der Waals surface area contributed by atoms with Crippen molar-refractivity contribution < 1.29 is 14.3 Å². The fourth-order valence-electron chi connectivity index (χ4n) is 3.23. The Morgan fingerprint density at radius 3 is 1.93 bits per heavy atom. The third kappa shape index (κ3) is 0.907. The topological polar surface area (TPSA) is 43.4 Å². The highest BCUT2D eigenvalue weighted by Crippen LogP contribution is 2.55. The van der Waals surface area contributed by atoms with Gasteiger partial charge in [0.15, 0.2) is 0 Å². The number of hydrogen-bond donors (Lipinski definition) is 0. The zero-order valence-corrected chi connectivity index (χ0v) is 8.69. The van der Waals surface area contributed by atoms with Crippen LogP contribution in [-0.4, -0.2) is 11.9 Å². The Balaban J connectivity index is 2.13. The number of cyclic esters (lactones) is 2. The molecule has 0 unspecified atom stereocenters. The summed E-state index contributed by atoms with van der Waals surface area (Å²) in [6.45, 7) is 4.08. The van der Waals surface area contributed by atoms with Gasteiger partial charge in [0.25, 0.3) is 0 Å². The van der Waals surface area contributed by atoms with E-state index in [2.05, 4.69) is 0 Å². The number of allylic oxidation sites excluding steroid dienone is 4. The first-order valence-corrected chi connectivity index (χ1v) is 5.22. The lowest BCUT2D eigenvalue weighted by atomic mass is 9.85. The number of carbonyl (C=O) groups is 2. The quantitative estimate of drug-likeness (QED) is 0.341. The van der Waals surface area contributed by atoms with Gasteiger partial charge in [-0.15, -0.1) is 0 Å². The van der Waals surface area contributed by atoms with Crippen molar-refractivity contribution >= 4 is 11.9 Å². The smallest absolute Gasteiger partial charge is 0.318 e. The van der Waals surface area contributed by atoms with Gasteiger partial charge in [0, 0.05) is 11.8 Å². The summed E-state index contributed by atoms with van der Waals surface area (Å²) in [6.07, 6.45) is 4.10. The van der Waals surface area contributed by atoms with E-state index in [4.69, 9.17) is 4.74 Å². The molecular weight excluding hydrogens is 192 g/mol. The van der Waals surface area contributed by atoms with Gasteiger partial charge in [-0.05, 0) is 13.8 Å². The first-order valence-electron chi connectivity index (χ1n) is 5.22. The van der Waals surface area contributed by atoms with Gasteiger partial charge in [-0.2, -0.15) is 0 Å². The second-order valence-electron chi connectivity index (χ2n) is 4.68. The van der Waals surface area contributed by atoms with Crippen molar-refractivity contribution in [2.45, 2.75) is 13.8 Å². The summed E-state index contributed by atoms with van der Waals surface area (Å²) in [5.74, 6) is -0.913. The normalized spacial score (nSPS) is 41.1. The van der Waals surface area contributed by atoms with Gasteiger partial charge in [0.1, 0.15) is 0 Å². The van der Waals surface area contributed by atoms with Crippen LogP contribution in [0.5, 0.6) is 0 Å². The molecule has 3 heteroatoms. The molecule has 2 fully saturated rings. The summed E-state index contributed by atoms with van der Waals surface area (Å²) in [6, 6.07) is 0. The van der Waals surface area contributed by atoms with Crippen LogP contribution < -0.4 is 0 Å². The molecule has 2 aliphatic carbocycles. The SMILES string of the molecule is CC(C)=C1[C@@H]2C=C[C@@H]1[C@@H]1C(=O)OC(=O)[C@H]12. The molecule has 0 radical (unpaired) electrons. The van der Waals surface area contributed by atoms with E-state index in [0.29, 0.717) is 0 Å². The molecule has 3 rings (SSSR count). The lowest BCUT2D eigenvalue weighted by molar-refractivity contribution is -0.154. The van der Waals surface area contributed by atoms with E-state index >= 15 is 0 Å². The molecule has 15 heavy (non-hydrogen) atoms. The molecule has 3 nitrogen and oxygen atoms in total. The summed E-state index contributed by atoms with van der Waals surface area (Å²) in [5.41, 5.74) is 2.49. The van der Waals surface area contributed by atoms with Gasteiger partial charge in [-0.1, -0.05) is 23.3 Å². The highest BCUT2D eigenvalue weighted by atomic mass is 16.6. The minimum atomic E-state index is -0.333. The minimum absolute atomic E-state index is 0.115. The van der Waals surface area contributed by atoms with Gasteiger partial charge in [0.05, 0.1) is 11.8 Å². The van der Waals surface area contributed by atoms with E-state index < -0.39 is 0 Å². The first kappa shape index (κ1) is 8.89. The molecule has 4 atom stereocenters. The number of hydrogen-bond acceptors (Lipinski definition) is 3. The molecule has 3 aliphatic rings. The first-order chi connectivity index (χ1) is 7.11. The van der Waals surface area contributed by atoms with E-state index in [1.165, 1.54) is 11.1 Å². The highest BCUT2D eigenvalue weighted by Gasteiger charge is 2.60. The van der Waals surface area contributed by atoms with Crippen LogP contribution in [0.15, 0.2) is 23.3 Å². The van der Waals surface area contributed by atoms with Crippen molar-refractivity contribution in [3.63, 3.8) is 0 Å². The predicted molar refractivity (Wildman–Crippen MR) is 52.6 cm³/mol. The van der Waals surface area contributed by atoms with Gasteiger partial charge in [-0.25, -0.2) is 0 Å². The van der Waals surface area contributed by atoms with Crippen LogP contribution in [0.4, 0.5) is 0 Å². The van der Waals surface area contributed by atoms with Crippen LogP contribution in [0, 0.1) is 23.7 Å². The lowest BCUT2D eigenvalue weighted by Crippen LogP contribution is -2.21. The molecular formula is C12H12O3. The van der Waals surface area contributed by atoms with E-state index in [1.54, 1.807) is 0 Å². The fraction of sp³-hybridized carbons (Fsp3) is 0.500. The largest absolute Gasteiger partial charge is 0.393 e. The van der Waals surface area contributed by atoms with Crippen LogP contribution >= 0.6 is 0 Å². The Labute approximate surface area is 87.8 Å². The zero-order chi connectivity index (χ0) is 10.7. The molecule has 0 aromatic rings. The summed E-state index contributed by atoms with van der Waals surface area (Å²) < 4.78 is 4.70. The number of ether oxygens (including phenoxy) is 1. The number of esters is 2. The van der Waals surface area contributed by atoms with Gasteiger partial charge in [0.2, 0.25) is 0 Å². The van der Waals surface area contributed by atoms with Gasteiger partial charge in [-0.3, -0.25) is 9.59 Å². The lowest BCUT2D eigenvalue weighted by Gasteiger charge is -2.11. The Morgan fingerprint density at radius 2 is 1.53 bits per heavy atom. The Hall–Kier alpha value is -1.38. The Bertz CT molecular complexity index is 394. The third-order valence-corrected chi connectivity index (χ3v) is 3.73. The van der Waals surface area contributed by atoms with Gasteiger partial charge < -0.3 is 4.74 Å². The van der Waals surface area contributed by atoms with Crippen molar-refractivity contribution in [3.05, 3.63) is 23.3 Å². The average molecular weight is 204 g/mol. The molecule has 0 spiro atoms. The van der Waals surface area contributed by atoms with E-state index in [9.17, 15) is 9.59 Å². The van der Waals surface area contributed by atoms with Crippen molar-refractivity contribution in [3.8, 4) is 0 Å². The van der Waals surface area contributed by atoms with Crippen LogP contribution in [0.1, 0.15) is 13.8 Å². The molecule has 0 N–H and O–H groups in total. The second-order valence-corrected chi connectivity index (χ2v) is 4.68. The molecule has 0 aromatic carbocycles. The maximum Gasteiger partial charge on any atom is 0.318 e. The maximum absolute atomic E-state index is 11.5. The van der Waals surface area contributed by atoms with Crippen LogP contribution in [-0.2, 0) is 14.3 Å². The Kier molecular flexibility index (Phi) is 1.54. The molecule has 0 amide bonds. The number of rotatable bonds is 0. The highest BCUT2D eigenvalue weighted by molar-refractivity contribution is 5.99. The second kappa shape index (κ2) is 2.60. The summed E-state index contributed by atoms with van der Waals surface area (Å²) >= 11 is 0. The van der Waals surface area contributed by atoms with E-state index in [0.717, 1.165) is 0 Å². The zero-order valence-electron chi connectivity index (χ0n) is 8.69. The van der Waals surface area contributed by atoms with Crippen molar-refractivity contribution in [1.82, 2.24) is 0 Å². The maximum atomic E-state index is 11.5. The van der Waals surface area contributed by atoms with Crippen LogP contribution in [0.25, 0.3) is 0 Å². The van der Waals surface area contributed by atoms with Crippen molar-refractivity contribution in [2.24, 2.45) is 23.7 Å². The third-order valence-electron chi connectivity index (χ3n) is 3.73. The van der Waals surface area contributed by atoms with Crippen molar-refractivity contribution in [2.75, 3.05) is 0 Å². The summed E-state index contributed by atoms with van der Waals surface area (Å²) in [7, 11) is 0. The average Bonchev–Trinajstić information content (AvgIpc) is 2.77. The number of fused-ring (bicyclic) bond motifs is 5. The molecule has 1 saturated carbocycles. The molecule has 0 aromatic heterocycles. The van der Waals surface area contributed by atoms with E-state index in [1.807, 2.05) is 26.0 Å². The number of carbonyl (C=O) groups excluding carboxylic acids is 2.